The van der Waals surface area contributed by atoms with Gasteiger partial charge in [0.25, 0.3) is 5.56 Å². The first-order valence-corrected chi connectivity index (χ1v) is 11.0. The van der Waals surface area contributed by atoms with E-state index in [0.29, 0.717) is 22.2 Å². The number of carbonyl (C=O) groups is 2. The van der Waals surface area contributed by atoms with E-state index in [9.17, 15) is 19.5 Å². The molecule has 4 heterocycles. The second-order valence-corrected chi connectivity index (χ2v) is 9.16. The van der Waals surface area contributed by atoms with Gasteiger partial charge in [0.05, 0.1) is 22.6 Å². The zero-order chi connectivity index (χ0) is 23.1. The molecule has 0 saturated carbocycles. The first-order chi connectivity index (χ1) is 15.8. The molecule has 0 radical (unpaired) electrons. The molecule has 3 N–H and O–H groups in total. The van der Waals surface area contributed by atoms with E-state index in [1.807, 2.05) is 18.2 Å². The molecule has 0 bridgehead atoms. The highest BCUT2D eigenvalue weighted by molar-refractivity contribution is 6.03. The highest BCUT2D eigenvalue weighted by Gasteiger charge is 2.65. The van der Waals surface area contributed by atoms with E-state index in [0.717, 1.165) is 0 Å². The van der Waals surface area contributed by atoms with Crippen LogP contribution in [0, 0.1) is 0 Å². The maximum atomic E-state index is 13.5. The topological polar surface area (TPSA) is 119 Å². The fourth-order valence-electron chi connectivity index (χ4n) is 5.76. The lowest BCUT2D eigenvalue weighted by molar-refractivity contribution is -0.143. The molecule has 0 spiro atoms. The molecule has 0 aliphatic carbocycles. The van der Waals surface area contributed by atoms with Gasteiger partial charge in [-0.25, -0.2) is 9.88 Å². The third-order valence-electron chi connectivity index (χ3n) is 7.28. The molecule has 3 aliphatic heterocycles. The quantitative estimate of drug-likeness (QED) is 0.519. The minimum atomic E-state index is -1.45. The Bertz CT molecular complexity index is 1400. The van der Waals surface area contributed by atoms with Crippen molar-refractivity contribution in [2.75, 3.05) is 4.90 Å². The number of hydrogen-bond acceptors (Lipinski definition) is 6. The number of benzene rings is 2. The molecule has 4 atom stereocenters. The second kappa shape index (κ2) is 6.49. The van der Waals surface area contributed by atoms with Gasteiger partial charge < -0.3 is 15.4 Å². The molecule has 2 unspecified atom stereocenters. The summed E-state index contributed by atoms with van der Waals surface area (Å²) in [5.74, 6) is -0.280. The van der Waals surface area contributed by atoms with Crippen LogP contribution in [-0.2, 0) is 20.9 Å². The number of hydrogen-bond donors (Lipinski definition) is 3. The number of rotatable bonds is 1. The van der Waals surface area contributed by atoms with Crippen LogP contribution < -0.4 is 15.8 Å². The van der Waals surface area contributed by atoms with E-state index in [1.165, 1.54) is 0 Å². The van der Waals surface area contributed by atoms with E-state index >= 15 is 0 Å². The largest absolute Gasteiger partial charge is 0.381 e. The lowest BCUT2D eigenvalue weighted by Gasteiger charge is -2.48. The molecule has 2 fully saturated rings. The average molecular weight is 445 g/mol. The lowest BCUT2D eigenvalue weighted by Crippen LogP contribution is -2.66. The summed E-state index contributed by atoms with van der Waals surface area (Å²) in [4.78, 5) is 50.3. The number of aromatic nitrogens is 2. The number of nitrogens with one attached hydrogen (secondary N) is 2. The van der Waals surface area contributed by atoms with Crippen molar-refractivity contribution in [2.24, 2.45) is 0 Å². The predicted molar refractivity (Wildman–Crippen MR) is 120 cm³/mol. The van der Waals surface area contributed by atoms with Crippen LogP contribution in [0.3, 0.4) is 0 Å². The minimum Gasteiger partial charge on any atom is -0.381 e. The number of para-hydroxylation sites is 2. The Morgan fingerprint density at radius 2 is 1.82 bits per heavy atom. The summed E-state index contributed by atoms with van der Waals surface area (Å²) < 4.78 is 0. The normalized spacial score (nSPS) is 31.2. The summed E-state index contributed by atoms with van der Waals surface area (Å²) in [6, 6.07) is 13.5. The molecule has 2 amide bonds. The van der Waals surface area contributed by atoms with Crippen molar-refractivity contribution < 1.29 is 14.7 Å². The van der Waals surface area contributed by atoms with E-state index in [2.05, 4.69) is 15.3 Å². The number of fused-ring (bicyclic) bond motifs is 4. The molecule has 9 nitrogen and oxygen atoms in total. The lowest BCUT2D eigenvalue weighted by atomic mass is 9.85. The smallest absolute Gasteiger partial charge is 0.258 e. The summed E-state index contributed by atoms with van der Waals surface area (Å²) >= 11 is 0. The number of anilines is 1. The summed E-state index contributed by atoms with van der Waals surface area (Å²) in [7, 11) is 0. The van der Waals surface area contributed by atoms with Crippen molar-refractivity contribution in [1.29, 1.82) is 0 Å². The van der Waals surface area contributed by atoms with Crippen molar-refractivity contribution in [2.45, 2.75) is 50.2 Å². The summed E-state index contributed by atoms with van der Waals surface area (Å²) in [6.45, 7) is 3.47. The van der Waals surface area contributed by atoms with Crippen molar-refractivity contribution in [1.82, 2.24) is 20.2 Å². The average Bonchev–Trinajstić information content (AvgIpc) is 3.21. The fraction of sp³-hybridized carbons (Fsp3) is 0.333. The van der Waals surface area contributed by atoms with Crippen LogP contribution >= 0.6 is 0 Å². The van der Waals surface area contributed by atoms with E-state index in [1.54, 1.807) is 54.0 Å². The first-order valence-electron chi connectivity index (χ1n) is 11.0. The number of amides is 2. The van der Waals surface area contributed by atoms with Crippen LogP contribution in [-0.4, -0.2) is 44.0 Å². The monoisotopic (exact) mass is 445 g/mol. The van der Waals surface area contributed by atoms with Gasteiger partial charge in [0.1, 0.15) is 11.8 Å². The molecule has 2 aromatic carbocycles. The van der Waals surface area contributed by atoms with Gasteiger partial charge in [-0.05, 0) is 38.5 Å². The number of aromatic amines is 1. The highest BCUT2D eigenvalue weighted by Crippen LogP contribution is 2.54. The third kappa shape index (κ3) is 2.49. The molecular weight excluding hydrogens is 422 g/mol. The van der Waals surface area contributed by atoms with Gasteiger partial charge in [-0.15, -0.1) is 0 Å². The van der Waals surface area contributed by atoms with E-state index in [4.69, 9.17) is 0 Å². The van der Waals surface area contributed by atoms with Crippen molar-refractivity contribution in [3.05, 3.63) is 70.3 Å². The number of H-pyrrole nitrogens is 1. The SMILES string of the molecule is C[C@H]1C(=O)N2c3ccccc3[C@@]3(O)CCC(=O)NC(C)(c4nc5ccccc5c(=O)[nH]4)N1C23. The number of carbonyl (C=O) groups excluding carboxylic acids is 2. The maximum Gasteiger partial charge on any atom is 0.258 e. The van der Waals surface area contributed by atoms with Crippen molar-refractivity contribution >= 4 is 28.4 Å². The van der Waals surface area contributed by atoms with Crippen LogP contribution in [0.5, 0.6) is 0 Å². The Balaban J connectivity index is 1.62. The van der Waals surface area contributed by atoms with Crippen LogP contribution in [0.1, 0.15) is 38.1 Å². The molecule has 3 aromatic rings. The second-order valence-electron chi connectivity index (χ2n) is 9.16. The van der Waals surface area contributed by atoms with E-state index < -0.39 is 23.5 Å². The molecule has 33 heavy (non-hydrogen) atoms. The van der Waals surface area contributed by atoms with Crippen molar-refractivity contribution in [3.63, 3.8) is 0 Å². The van der Waals surface area contributed by atoms with Gasteiger partial charge in [0, 0.05) is 12.0 Å². The van der Waals surface area contributed by atoms with Crippen LogP contribution in [0.15, 0.2) is 53.3 Å². The van der Waals surface area contributed by atoms with Gasteiger partial charge in [-0.2, -0.15) is 0 Å². The van der Waals surface area contributed by atoms with E-state index in [-0.39, 0.29) is 36.0 Å². The van der Waals surface area contributed by atoms with Crippen LogP contribution in [0.2, 0.25) is 0 Å². The molecule has 2 saturated heterocycles. The van der Waals surface area contributed by atoms with Gasteiger partial charge in [0.15, 0.2) is 11.5 Å². The van der Waals surface area contributed by atoms with Crippen molar-refractivity contribution in [3.8, 4) is 0 Å². The van der Waals surface area contributed by atoms with Crippen LogP contribution in [0.4, 0.5) is 5.69 Å². The minimum absolute atomic E-state index is 0.0546. The van der Waals surface area contributed by atoms with Gasteiger partial charge in [0.2, 0.25) is 11.8 Å². The summed E-state index contributed by atoms with van der Waals surface area (Å²) in [5.41, 5.74) is -1.40. The van der Waals surface area contributed by atoms with Crippen LogP contribution in [0.25, 0.3) is 10.9 Å². The van der Waals surface area contributed by atoms with Gasteiger partial charge in [-0.3, -0.25) is 19.3 Å². The first kappa shape index (κ1) is 20.1. The Kier molecular flexibility index (Phi) is 3.95. The maximum absolute atomic E-state index is 13.5. The highest BCUT2D eigenvalue weighted by atomic mass is 16.3. The Morgan fingerprint density at radius 3 is 2.64 bits per heavy atom. The van der Waals surface area contributed by atoms with Gasteiger partial charge in [-0.1, -0.05) is 30.3 Å². The molecule has 9 heteroatoms. The zero-order valence-corrected chi connectivity index (χ0v) is 18.2. The zero-order valence-electron chi connectivity index (χ0n) is 18.2. The molecule has 6 rings (SSSR count). The standard InChI is InChI=1S/C24H23N5O4/c1-13-20(32)28-17-10-6-4-8-15(17)24(33)12-11-18(30)27-23(2,29(13)22(24)28)21-25-16-9-5-3-7-14(16)19(31)26-21/h3-10,13,22,33H,11-12H2,1-2H3,(H,27,30)(H,25,26,31)/t13-,22?,23?,24-/m0/s1. The number of nitrogens with zero attached hydrogens (tertiary/aromatic N) is 3. The third-order valence-corrected chi connectivity index (χ3v) is 7.28. The molecule has 3 aliphatic rings. The molecule has 168 valence electrons. The Hall–Kier alpha value is -3.56. The summed E-state index contributed by atoms with van der Waals surface area (Å²) in [5, 5.41) is 15.4. The number of aliphatic hydroxyl groups is 1. The Morgan fingerprint density at radius 1 is 1.09 bits per heavy atom. The predicted octanol–water partition coefficient (Wildman–Crippen LogP) is 1.27. The Labute approximate surface area is 189 Å². The summed E-state index contributed by atoms with van der Waals surface area (Å²) in [6.07, 6.45) is -0.552. The molecule has 1 aromatic heterocycles. The van der Waals surface area contributed by atoms with Gasteiger partial charge >= 0.3 is 0 Å². The fourth-order valence-corrected chi connectivity index (χ4v) is 5.76. The molecular formula is C24H23N5O4.